The highest BCUT2D eigenvalue weighted by Crippen LogP contribution is 2.37. The van der Waals surface area contributed by atoms with Gasteiger partial charge < -0.3 is 14.5 Å². The molecule has 7 nitrogen and oxygen atoms in total. The summed E-state index contributed by atoms with van der Waals surface area (Å²) in [4.78, 5) is 14.4. The molecule has 1 aliphatic rings. The van der Waals surface area contributed by atoms with Crippen LogP contribution in [0.5, 0.6) is 5.75 Å². The van der Waals surface area contributed by atoms with Gasteiger partial charge in [0.2, 0.25) is 0 Å². The molecule has 4 aromatic rings. The highest BCUT2D eigenvalue weighted by molar-refractivity contribution is 7.91. The van der Waals surface area contributed by atoms with E-state index < -0.39 is 9.84 Å². The van der Waals surface area contributed by atoms with Crippen LogP contribution >= 0.6 is 22.7 Å². The second-order valence-electron chi connectivity index (χ2n) is 7.60. The number of para-hydroxylation sites is 1. The zero-order valence-corrected chi connectivity index (χ0v) is 19.9. The summed E-state index contributed by atoms with van der Waals surface area (Å²) in [6, 6.07) is 9.37. The van der Waals surface area contributed by atoms with Gasteiger partial charge in [-0.1, -0.05) is 34.8 Å². The van der Waals surface area contributed by atoms with Gasteiger partial charge in [0.25, 0.3) is 0 Å². The van der Waals surface area contributed by atoms with E-state index in [1.165, 1.54) is 11.8 Å². The van der Waals surface area contributed by atoms with Crippen LogP contribution in [-0.2, 0) is 9.84 Å². The third kappa shape index (κ3) is 3.62. The third-order valence-corrected chi connectivity index (χ3v) is 8.96. The minimum atomic E-state index is -3.31. The van der Waals surface area contributed by atoms with E-state index in [9.17, 15) is 8.42 Å². The molecular formula is C21H22N4O3S3. The van der Waals surface area contributed by atoms with Gasteiger partial charge in [0.1, 0.15) is 16.8 Å². The number of thiazole rings is 2. The predicted octanol–water partition coefficient (Wildman–Crippen LogP) is 3.95. The number of methoxy groups -OCH3 is 1. The maximum absolute atomic E-state index is 12.1. The van der Waals surface area contributed by atoms with Gasteiger partial charge in [-0.05, 0) is 30.7 Å². The molecule has 3 heterocycles. The predicted molar refractivity (Wildman–Crippen MR) is 128 cm³/mol. The van der Waals surface area contributed by atoms with Crippen molar-refractivity contribution in [3.05, 3.63) is 35.9 Å². The topological polar surface area (TPSA) is 75.6 Å². The molecule has 1 saturated heterocycles. The molecule has 31 heavy (non-hydrogen) atoms. The monoisotopic (exact) mass is 474 g/mol. The number of piperazine rings is 1. The lowest BCUT2D eigenvalue weighted by molar-refractivity contribution is 0.419. The Morgan fingerprint density at radius 3 is 2.23 bits per heavy atom. The average molecular weight is 475 g/mol. The van der Waals surface area contributed by atoms with Crippen LogP contribution in [0.3, 0.4) is 0 Å². The summed E-state index contributed by atoms with van der Waals surface area (Å²) in [5.74, 6) is 0.804. The van der Waals surface area contributed by atoms with E-state index in [0.717, 1.165) is 57.1 Å². The van der Waals surface area contributed by atoms with Crippen LogP contribution < -0.4 is 14.5 Å². The van der Waals surface area contributed by atoms with E-state index in [1.807, 2.05) is 12.1 Å². The molecule has 0 bridgehead atoms. The summed E-state index contributed by atoms with van der Waals surface area (Å²) in [7, 11) is -1.64. The molecule has 10 heteroatoms. The summed E-state index contributed by atoms with van der Waals surface area (Å²) < 4.78 is 31.8. The van der Waals surface area contributed by atoms with Crippen LogP contribution in [0.2, 0.25) is 0 Å². The summed E-state index contributed by atoms with van der Waals surface area (Å²) >= 11 is 3.25. The zero-order chi connectivity index (χ0) is 21.8. The van der Waals surface area contributed by atoms with E-state index in [4.69, 9.17) is 9.72 Å². The van der Waals surface area contributed by atoms with Crippen molar-refractivity contribution in [1.82, 2.24) is 9.97 Å². The summed E-state index contributed by atoms with van der Waals surface area (Å²) in [6.07, 6.45) is 1.23. The van der Waals surface area contributed by atoms with Gasteiger partial charge in [0.05, 0.1) is 21.4 Å². The van der Waals surface area contributed by atoms with E-state index >= 15 is 0 Å². The quantitative estimate of drug-likeness (QED) is 0.443. The number of ether oxygens (including phenoxy) is 1. The Kier molecular flexibility index (Phi) is 5.03. The molecule has 0 spiro atoms. The van der Waals surface area contributed by atoms with E-state index in [-0.39, 0.29) is 0 Å². The first kappa shape index (κ1) is 20.5. The maximum atomic E-state index is 12.1. The second kappa shape index (κ2) is 7.61. The molecule has 0 amide bonds. The molecule has 1 fully saturated rings. The average Bonchev–Trinajstić information content (AvgIpc) is 3.38. The van der Waals surface area contributed by atoms with Crippen molar-refractivity contribution in [3.63, 3.8) is 0 Å². The summed E-state index contributed by atoms with van der Waals surface area (Å²) in [5, 5.41) is 1.87. The first-order valence-corrected chi connectivity index (χ1v) is 13.4. The van der Waals surface area contributed by atoms with Gasteiger partial charge in [-0.3, -0.25) is 0 Å². The van der Waals surface area contributed by atoms with Crippen molar-refractivity contribution in [2.75, 3.05) is 49.3 Å². The van der Waals surface area contributed by atoms with Crippen LogP contribution in [0.15, 0.2) is 35.2 Å². The van der Waals surface area contributed by atoms with Gasteiger partial charge in [0.15, 0.2) is 20.1 Å². The molecule has 0 saturated carbocycles. The summed E-state index contributed by atoms with van der Waals surface area (Å²) in [5.41, 5.74) is 2.69. The van der Waals surface area contributed by atoms with Crippen LogP contribution in [0.4, 0.5) is 10.3 Å². The van der Waals surface area contributed by atoms with Crippen molar-refractivity contribution in [3.8, 4) is 5.75 Å². The van der Waals surface area contributed by atoms with Gasteiger partial charge in [-0.25, -0.2) is 18.4 Å². The molecule has 162 valence electrons. The highest BCUT2D eigenvalue weighted by atomic mass is 32.2. The normalized spacial score (nSPS) is 15.2. The number of anilines is 2. The molecule has 5 rings (SSSR count). The lowest BCUT2D eigenvalue weighted by atomic mass is 10.2. The minimum absolute atomic E-state index is 0.296. The molecule has 2 aromatic carbocycles. The van der Waals surface area contributed by atoms with Crippen molar-refractivity contribution in [1.29, 1.82) is 0 Å². The summed E-state index contributed by atoms with van der Waals surface area (Å²) in [6.45, 7) is 5.37. The fraction of sp³-hybridized carbons (Fsp3) is 0.333. The number of aromatic nitrogens is 2. The number of hydrogen-bond donors (Lipinski definition) is 0. The Labute approximate surface area is 188 Å². The van der Waals surface area contributed by atoms with Gasteiger partial charge in [-0.2, -0.15) is 0 Å². The largest absolute Gasteiger partial charge is 0.494 e. The molecule has 0 aliphatic carbocycles. The van der Waals surface area contributed by atoms with Crippen LogP contribution in [0.1, 0.15) is 5.56 Å². The minimum Gasteiger partial charge on any atom is -0.494 e. The fourth-order valence-electron chi connectivity index (χ4n) is 3.83. The lowest BCUT2D eigenvalue weighted by Crippen LogP contribution is -2.46. The molecule has 0 atom stereocenters. The smallest absolute Gasteiger partial charge is 0.186 e. The number of sulfone groups is 1. The fourth-order valence-corrected chi connectivity index (χ4v) is 6.88. The van der Waals surface area contributed by atoms with Crippen molar-refractivity contribution in [2.24, 2.45) is 0 Å². The van der Waals surface area contributed by atoms with E-state index in [0.29, 0.717) is 10.4 Å². The molecule has 2 aromatic heterocycles. The van der Waals surface area contributed by atoms with Crippen LogP contribution in [0.25, 0.3) is 20.4 Å². The molecule has 0 unspecified atom stereocenters. The first-order valence-electron chi connectivity index (χ1n) is 9.89. The van der Waals surface area contributed by atoms with E-state index in [1.54, 1.807) is 41.9 Å². The number of benzene rings is 2. The van der Waals surface area contributed by atoms with Crippen LogP contribution in [-0.4, -0.2) is 57.9 Å². The Morgan fingerprint density at radius 1 is 0.935 bits per heavy atom. The third-order valence-electron chi connectivity index (χ3n) is 5.50. The standard InChI is InChI=1S/C21H22N4O3S3/c1-13-7-8-14(28-2)17-19(13)30-21(22-17)25-11-9-24(10-12-25)20-23-18-15(29-20)5-4-6-16(18)31(3,26)27/h4-8H,9-12H2,1-3H3. The first-order chi connectivity index (χ1) is 14.8. The van der Waals surface area contributed by atoms with Crippen molar-refractivity contribution < 1.29 is 13.2 Å². The Hall–Kier alpha value is -2.43. The second-order valence-corrected chi connectivity index (χ2v) is 11.6. The number of rotatable bonds is 4. The molecular weight excluding hydrogens is 452 g/mol. The maximum Gasteiger partial charge on any atom is 0.186 e. The van der Waals surface area contributed by atoms with Crippen molar-refractivity contribution in [2.45, 2.75) is 11.8 Å². The lowest BCUT2D eigenvalue weighted by Gasteiger charge is -2.34. The molecule has 1 aliphatic heterocycles. The van der Waals surface area contributed by atoms with Gasteiger partial charge in [-0.15, -0.1) is 0 Å². The number of fused-ring (bicyclic) bond motifs is 2. The zero-order valence-electron chi connectivity index (χ0n) is 17.5. The van der Waals surface area contributed by atoms with Crippen LogP contribution in [0, 0.1) is 6.92 Å². The molecule has 0 radical (unpaired) electrons. The number of aryl methyl sites for hydroxylation is 1. The molecule has 0 N–H and O–H groups in total. The van der Waals surface area contributed by atoms with Crippen molar-refractivity contribution >= 4 is 63.2 Å². The number of hydrogen-bond acceptors (Lipinski definition) is 9. The Balaban J connectivity index is 1.39. The van der Waals surface area contributed by atoms with Gasteiger partial charge in [0, 0.05) is 32.4 Å². The van der Waals surface area contributed by atoms with Gasteiger partial charge >= 0.3 is 0 Å². The highest BCUT2D eigenvalue weighted by Gasteiger charge is 2.24. The Bertz CT molecular complexity index is 1390. The van der Waals surface area contributed by atoms with E-state index in [2.05, 4.69) is 27.8 Å². The SMILES string of the molecule is COc1ccc(C)c2sc(N3CCN(c4nc5c(S(C)(=O)=O)cccc5s4)CC3)nc12. The Morgan fingerprint density at radius 2 is 1.58 bits per heavy atom. The number of nitrogens with zero attached hydrogens (tertiary/aromatic N) is 4.